The molecule has 7 heteroatoms. The molecule has 1 aliphatic rings. The maximum atomic E-state index is 10.9. The molecule has 2 unspecified atom stereocenters. The Morgan fingerprint density at radius 1 is 1.56 bits per heavy atom. The molecule has 1 aliphatic carbocycles. The van der Waals surface area contributed by atoms with Gasteiger partial charge in [-0.3, -0.25) is 4.57 Å². The number of hydrogen-bond acceptors (Lipinski definition) is 5. The fourth-order valence-corrected chi connectivity index (χ4v) is 2.27. The standard InChI is InChI=1S/C11H18N4O3/c1-7-13-10(15(16)17)11(14(7)2)18-9-5-3-4-8(12)6-9/h8-9H,3-6,12H2,1-2H3. The van der Waals surface area contributed by atoms with Crippen molar-refractivity contribution in [2.45, 2.75) is 44.8 Å². The van der Waals surface area contributed by atoms with Crippen LogP contribution in [0.1, 0.15) is 31.5 Å². The van der Waals surface area contributed by atoms with Crippen molar-refractivity contribution in [2.24, 2.45) is 12.8 Å². The number of nitro groups is 1. The summed E-state index contributed by atoms with van der Waals surface area (Å²) in [6.45, 7) is 1.71. The van der Waals surface area contributed by atoms with Gasteiger partial charge in [0.15, 0.2) is 0 Å². The summed E-state index contributed by atoms with van der Waals surface area (Å²) in [5, 5.41) is 10.9. The lowest BCUT2D eigenvalue weighted by Gasteiger charge is -2.26. The molecule has 1 saturated carbocycles. The van der Waals surface area contributed by atoms with Crippen molar-refractivity contribution in [2.75, 3.05) is 0 Å². The first kappa shape index (κ1) is 12.8. The molecular formula is C11H18N4O3. The van der Waals surface area contributed by atoms with Crippen LogP contribution in [-0.2, 0) is 7.05 Å². The molecule has 0 saturated heterocycles. The predicted octanol–water partition coefficient (Wildman–Crippen LogP) is 1.29. The van der Waals surface area contributed by atoms with Crippen LogP contribution in [0.3, 0.4) is 0 Å². The van der Waals surface area contributed by atoms with Gasteiger partial charge in [-0.1, -0.05) is 0 Å². The second-order valence-corrected chi connectivity index (χ2v) is 4.77. The van der Waals surface area contributed by atoms with Crippen LogP contribution in [-0.4, -0.2) is 26.6 Å². The van der Waals surface area contributed by atoms with Gasteiger partial charge in [0.2, 0.25) is 5.82 Å². The minimum Gasteiger partial charge on any atom is -0.469 e. The van der Waals surface area contributed by atoms with E-state index in [1.165, 1.54) is 0 Å². The van der Waals surface area contributed by atoms with Gasteiger partial charge in [0, 0.05) is 20.0 Å². The smallest absolute Gasteiger partial charge is 0.426 e. The van der Waals surface area contributed by atoms with E-state index in [1.54, 1.807) is 18.5 Å². The molecule has 0 aromatic carbocycles. The van der Waals surface area contributed by atoms with Gasteiger partial charge in [-0.2, -0.15) is 0 Å². The average Bonchev–Trinajstić information content (AvgIpc) is 2.57. The van der Waals surface area contributed by atoms with Gasteiger partial charge in [0.25, 0.3) is 5.88 Å². The number of ether oxygens (including phenoxy) is 1. The van der Waals surface area contributed by atoms with E-state index in [0.717, 1.165) is 25.7 Å². The van der Waals surface area contributed by atoms with Gasteiger partial charge in [0.05, 0.1) is 0 Å². The zero-order chi connectivity index (χ0) is 13.3. The normalized spacial score (nSPS) is 23.9. The molecule has 18 heavy (non-hydrogen) atoms. The van der Waals surface area contributed by atoms with Crippen LogP contribution in [0, 0.1) is 17.0 Å². The van der Waals surface area contributed by atoms with E-state index >= 15 is 0 Å². The van der Waals surface area contributed by atoms with Crippen molar-refractivity contribution in [3.63, 3.8) is 0 Å². The highest BCUT2D eigenvalue weighted by Crippen LogP contribution is 2.30. The highest BCUT2D eigenvalue weighted by Gasteiger charge is 2.29. The second kappa shape index (κ2) is 4.93. The number of aromatic nitrogens is 2. The minimum absolute atomic E-state index is 0.0535. The van der Waals surface area contributed by atoms with Crippen LogP contribution in [0.5, 0.6) is 5.88 Å². The van der Waals surface area contributed by atoms with Crippen molar-refractivity contribution < 1.29 is 9.66 Å². The average molecular weight is 254 g/mol. The lowest BCUT2D eigenvalue weighted by atomic mass is 9.94. The zero-order valence-electron chi connectivity index (χ0n) is 10.6. The van der Waals surface area contributed by atoms with E-state index in [0.29, 0.717) is 5.82 Å². The summed E-state index contributed by atoms with van der Waals surface area (Å²) in [6, 6.07) is 0.122. The van der Waals surface area contributed by atoms with Gasteiger partial charge in [-0.15, -0.1) is 0 Å². The topological polar surface area (TPSA) is 96.2 Å². The quantitative estimate of drug-likeness (QED) is 0.647. The molecule has 7 nitrogen and oxygen atoms in total. The molecule has 0 bridgehead atoms. The molecule has 0 aliphatic heterocycles. The highest BCUT2D eigenvalue weighted by atomic mass is 16.6. The largest absolute Gasteiger partial charge is 0.469 e. The van der Waals surface area contributed by atoms with Crippen LogP contribution in [0.2, 0.25) is 0 Å². The first-order valence-electron chi connectivity index (χ1n) is 6.09. The summed E-state index contributed by atoms with van der Waals surface area (Å²) >= 11 is 0. The van der Waals surface area contributed by atoms with E-state index < -0.39 is 4.92 Å². The van der Waals surface area contributed by atoms with Crippen LogP contribution >= 0.6 is 0 Å². The van der Waals surface area contributed by atoms with E-state index in [-0.39, 0.29) is 23.8 Å². The molecule has 0 amide bonds. The summed E-state index contributed by atoms with van der Waals surface area (Å²) in [5.41, 5.74) is 5.88. The van der Waals surface area contributed by atoms with Crippen molar-refractivity contribution in [1.29, 1.82) is 0 Å². The van der Waals surface area contributed by atoms with Gasteiger partial charge in [-0.25, -0.2) is 0 Å². The first-order valence-corrected chi connectivity index (χ1v) is 6.09. The molecule has 0 spiro atoms. The van der Waals surface area contributed by atoms with Crippen molar-refractivity contribution in [1.82, 2.24) is 9.55 Å². The van der Waals surface area contributed by atoms with Crippen molar-refractivity contribution in [3.8, 4) is 5.88 Å². The SMILES string of the molecule is Cc1nc([N+](=O)[O-])c(OC2CCCC(N)C2)n1C. The van der Waals surface area contributed by atoms with Gasteiger partial charge in [0.1, 0.15) is 6.10 Å². The minimum atomic E-state index is -0.509. The third-order valence-electron chi connectivity index (χ3n) is 3.37. The molecule has 1 heterocycles. The number of rotatable bonds is 3. The lowest BCUT2D eigenvalue weighted by Crippen LogP contribution is -2.34. The number of nitrogens with zero attached hydrogens (tertiary/aromatic N) is 3. The van der Waals surface area contributed by atoms with E-state index in [4.69, 9.17) is 10.5 Å². The Balaban J connectivity index is 2.20. The summed E-state index contributed by atoms with van der Waals surface area (Å²) in [5.74, 6) is 0.586. The third-order valence-corrected chi connectivity index (χ3v) is 3.37. The summed E-state index contributed by atoms with van der Waals surface area (Å²) < 4.78 is 7.36. The maximum absolute atomic E-state index is 10.9. The Kier molecular flexibility index (Phi) is 3.51. The van der Waals surface area contributed by atoms with Crippen LogP contribution in [0.15, 0.2) is 0 Å². The molecule has 100 valence electrons. The molecule has 1 fully saturated rings. The Bertz CT molecular complexity index is 457. The van der Waals surface area contributed by atoms with Crippen molar-refractivity contribution >= 4 is 5.82 Å². The maximum Gasteiger partial charge on any atom is 0.426 e. The molecule has 1 aromatic heterocycles. The van der Waals surface area contributed by atoms with E-state index in [9.17, 15) is 10.1 Å². The molecule has 0 radical (unpaired) electrons. The predicted molar refractivity (Wildman–Crippen MR) is 65.5 cm³/mol. The Labute approximate surface area is 105 Å². The molecule has 2 N–H and O–H groups in total. The summed E-state index contributed by atoms with van der Waals surface area (Å²) in [7, 11) is 1.72. The Morgan fingerprint density at radius 3 is 2.89 bits per heavy atom. The molecule has 1 aromatic rings. The van der Waals surface area contributed by atoms with E-state index in [2.05, 4.69) is 4.98 Å². The van der Waals surface area contributed by atoms with Crippen LogP contribution in [0.25, 0.3) is 0 Å². The number of hydrogen-bond donors (Lipinski definition) is 1. The fraction of sp³-hybridized carbons (Fsp3) is 0.727. The number of aryl methyl sites for hydroxylation is 1. The molecule has 2 rings (SSSR count). The highest BCUT2D eigenvalue weighted by molar-refractivity contribution is 5.36. The van der Waals surface area contributed by atoms with Gasteiger partial charge >= 0.3 is 5.82 Å². The monoisotopic (exact) mass is 254 g/mol. The second-order valence-electron chi connectivity index (χ2n) is 4.77. The molecule has 2 atom stereocenters. The van der Waals surface area contributed by atoms with Crippen molar-refractivity contribution in [3.05, 3.63) is 15.9 Å². The van der Waals surface area contributed by atoms with Gasteiger partial charge in [-0.05, 0) is 35.6 Å². The summed E-state index contributed by atoms with van der Waals surface area (Å²) in [4.78, 5) is 14.3. The van der Waals surface area contributed by atoms with E-state index in [1.807, 2.05) is 0 Å². The Morgan fingerprint density at radius 2 is 2.28 bits per heavy atom. The number of imidazole rings is 1. The fourth-order valence-electron chi connectivity index (χ4n) is 2.27. The number of nitrogens with two attached hydrogens (primary N) is 1. The Hall–Kier alpha value is -1.63. The van der Waals surface area contributed by atoms with Crippen LogP contribution < -0.4 is 10.5 Å². The summed E-state index contributed by atoms with van der Waals surface area (Å²) in [6.07, 6.45) is 3.56. The lowest BCUT2D eigenvalue weighted by molar-refractivity contribution is -0.390. The first-order chi connectivity index (χ1) is 8.49. The van der Waals surface area contributed by atoms with Crippen LogP contribution in [0.4, 0.5) is 5.82 Å². The zero-order valence-corrected chi connectivity index (χ0v) is 10.6. The molecular weight excluding hydrogens is 236 g/mol. The third kappa shape index (κ3) is 2.45. The van der Waals surface area contributed by atoms with Gasteiger partial charge < -0.3 is 20.6 Å².